The summed E-state index contributed by atoms with van der Waals surface area (Å²) in [5.41, 5.74) is 7.12. The second-order valence-corrected chi connectivity index (χ2v) is 10.0. The van der Waals surface area contributed by atoms with Crippen LogP contribution in [-0.4, -0.2) is 32.0 Å². The van der Waals surface area contributed by atoms with Crippen LogP contribution >= 0.6 is 12.2 Å². The van der Waals surface area contributed by atoms with Crippen LogP contribution in [0.4, 0.5) is 10.1 Å². The van der Waals surface area contributed by atoms with Gasteiger partial charge in [0.05, 0.1) is 17.8 Å². The molecule has 0 saturated carbocycles. The van der Waals surface area contributed by atoms with Gasteiger partial charge in [0.2, 0.25) is 5.91 Å². The second-order valence-electron chi connectivity index (χ2n) is 9.62. The number of benzene rings is 2. The van der Waals surface area contributed by atoms with E-state index in [-0.39, 0.29) is 30.2 Å². The summed E-state index contributed by atoms with van der Waals surface area (Å²) in [6.45, 7) is 6.73. The number of nitrogens with one attached hydrogen (secondary N) is 2. The SMILES string of the molecule is Cc1ccc(-n2c(C)cc([C@@H]3[C@@H](c4ccccn4)NC(=S)N3CCC(=O)Nc3ccc(F)cc3)c2C)cc1. The quantitative estimate of drug-likeness (QED) is 0.292. The van der Waals surface area contributed by atoms with Gasteiger partial charge in [0, 0.05) is 41.9 Å². The van der Waals surface area contributed by atoms with Crippen LogP contribution in [0, 0.1) is 26.6 Å². The molecule has 194 valence electrons. The minimum atomic E-state index is -0.344. The highest BCUT2D eigenvalue weighted by Gasteiger charge is 2.41. The minimum Gasteiger partial charge on any atom is -0.352 e. The Kier molecular flexibility index (Phi) is 7.24. The predicted octanol–water partition coefficient (Wildman–Crippen LogP) is 5.94. The highest BCUT2D eigenvalue weighted by Crippen LogP contribution is 2.41. The summed E-state index contributed by atoms with van der Waals surface area (Å²) in [5, 5.41) is 6.89. The summed E-state index contributed by atoms with van der Waals surface area (Å²) in [5.74, 6) is -0.507. The first-order valence-electron chi connectivity index (χ1n) is 12.6. The number of amides is 1. The van der Waals surface area contributed by atoms with Gasteiger partial charge < -0.3 is 20.1 Å². The number of hydrogen-bond donors (Lipinski definition) is 2. The van der Waals surface area contributed by atoms with E-state index in [9.17, 15) is 9.18 Å². The molecule has 2 atom stereocenters. The largest absolute Gasteiger partial charge is 0.352 e. The number of carbonyl (C=O) groups is 1. The molecule has 6 nitrogen and oxygen atoms in total. The number of pyridine rings is 1. The van der Waals surface area contributed by atoms with E-state index >= 15 is 0 Å². The summed E-state index contributed by atoms with van der Waals surface area (Å²) in [6.07, 6.45) is 2.01. The number of halogens is 1. The smallest absolute Gasteiger partial charge is 0.226 e. The van der Waals surface area contributed by atoms with Gasteiger partial charge in [-0.25, -0.2) is 4.39 Å². The van der Waals surface area contributed by atoms with Crippen LogP contribution in [0.5, 0.6) is 0 Å². The molecule has 1 saturated heterocycles. The molecular weight excluding hydrogens is 497 g/mol. The fourth-order valence-corrected chi connectivity index (χ4v) is 5.47. The van der Waals surface area contributed by atoms with Crippen molar-refractivity contribution in [3.05, 3.63) is 113 Å². The number of carbonyl (C=O) groups excluding carboxylic acids is 1. The molecule has 2 N–H and O–H groups in total. The average Bonchev–Trinajstić information content (AvgIpc) is 3.39. The van der Waals surface area contributed by atoms with E-state index in [0.717, 1.165) is 28.3 Å². The fourth-order valence-electron chi connectivity index (χ4n) is 5.14. The van der Waals surface area contributed by atoms with E-state index in [0.29, 0.717) is 17.3 Å². The summed E-state index contributed by atoms with van der Waals surface area (Å²) in [7, 11) is 0. The second kappa shape index (κ2) is 10.8. The first-order valence-corrected chi connectivity index (χ1v) is 13.0. The van der Waals surface area contributed by atoms with Gasteiger partial charge in [-0.2, -0.15) is 0 Å². The van der Waals surface area contributed by atoms with Crippen LogP contribution in [0.15, 0.2) is 79.0 Å². The zero-order chi connectivity index (χ0) is 26.8. The summed E-state index contributed by atoms with van der Waals surface area (Å²) >= 11 is 5.79. The lowest BCUT2D eigenvalue weighted by molar-refractivity contribution is -0.116. The molecule has 1 fully saturated rings. The van der Waals surface area contributed by atoms with Crippen molar-refractivity contribution in [2.45, 2.75) is 39.3 Å². The lowest BCUT2D eigenvalue weighted by atomic mass is 9.96. The maximum Gasteiger partial charge on any atom is 0.226 e. The predicted molar refractivity (Wildman–Crippen MR) is 152 cm³/mol. The highest BCUT2D eigenvalue weighted by atomic mass is 32.1. The van der Waals surface area contributed by atoms with Crippen molar-refractivity contribution in [3.8, 4) is 5.69 Å². The topological polar surface area (TPSA) is 62.2 Å². The first kappa shape index (κ1) is 25.6. The third-order valence-corrected chi connectivity index (χ3v) is 7.34. The molecule has 4 aromatic rings. The van der Waals surface area contributed by atoms with Crippen LogP contribution < -0.4 is 10.6 Å². The normalized spacial score (nSPS) is 16.9. The number of thiocarbonyl (C=S) groups is 1. The molecule has 0 bridgehead atoms. The number of nitrogens with zero attached hydrogens (tertiary/aromatic N) is 3. The van der Waals surface area contributed by atoms with Gasteiger partial charge in [0.1, 0.15) is 5.82 Å². The Balaban J connectivity index is 1.46. The highest BCUT2D eigenvalue weighted by molar-refractivity contribution is 7.80. The van der Waals surface area contributed by atoms with Crippen molar-refractivity contribution in [2.75, 3.05) is 11.9 Å². The molecule has 38 heavy (non-hydrogen) atoms. The Hall–Kier alpha value is -4.04. The van der Waals surface area contributed by atoms with E-state index < -0.39 is 0 Å². The lowest BCUT2D eigenvalue weighted by Crippen LogP contribution is -2.32. The molecule has 5 rings (SSSR count). The van der Waals surface area contributed by atoms with E-state index in [2.05, 4.69) is 76.2 Å². The lowest BCUT2D eigenvalue weighted by Gasteiger charge is -2.28. The van der Waals surface area contributed by atoms with Crippen molar-refractivity contribution in [2.24, 2.45) is 0 Å². The van der Waals surface area contributed by atoms with Crippen molar-refractivity contribution in [3.63, 3.8) is 0 Å². The molecule has 2 aromatic heterocycles. The Labute approximate surface area is 227 Å². The van der Waals surface area contributed by atoms with Gasteiger partial charge >= 0.3 is 0 Å². The van der Waals surface area contributed by atoms with Crippen LogP contribution in [0.3, 0.4) is 0 Å². The molecule has 8 heteroatoms. The average molecular weight is 528 g/mol. The summed E-state index contributed by atoms with van der Waals surface area (Å²) in [6, 6.07) is 22.0. The van der Waals surface area contributed by atoms with Crippen molar-refractivity contribution in [1.29, 1.82) is 0 Å². The molecule has 1 aliphatic heterocycles. The Morgan fingerprint density at radius 3 is 2.47 bits per heavy atom. The molecule has 0 spiro atoms. The Morgan fingerprint density at radius 2 is 1.79 bits per heavy atom. The summed E-state index contributed by atoms with van der Waals surface area (Å²) < 4.78 is 15.5. The molecule has 0 aliphatic carbocycles. The number of aryl methyl sites for hydroxylation is 2. The molecule has 1 amide bonds. The molecule has 0 radical (unpaired) electrons. The van der Waals surface area contributed by atoms with E-state index in [1.54, 1.807) is 18.3 Å². The van der Waals surface area contributed by atoms with Crippen LogP contribution in [0.2, 0.25) is 0 Å². The Bertz CT molecular complexity index is 1450. The molecule has 2 aromatic carbocycles. The zero-order valence-corrected chi connectivity index (χ0v) is 22.4. The van der Waals surface area contributed by atoms with Crippen LogP contribution in [0.25, 0.3) is 5.69 Å². The monoisotopic (exact) mass is 527 g/mol. The van der Waals surface area contributed by atoms with Crippen LogP contribution in [-0.2, 0) is 4.79 Å². The minimum absolute atomic E-state index is 0.151. The van der Waals surface area contributed by atoms with Gasteiger partial charge in [-0.3, -0.25) is 9.78 Å². The number of hydrogen-bond acceptors (Lipinski definition) is 3. The third kappa shape index (κ3) is 5.17. The maximum absolute atomic E-state index is 13.2. The third-order valence-electron chi connectivity index (χ3n) is 6.99. The number of rotatable bonds is 7. The first-order chi connectivity index (χ1) is 18.3. The van der Waals surface area contributed by atoms with Crippen molar-refractivity contribution in [1.82, 2.24) is 19.8 Å². The standard InChI is InChI=1S/C30H30FN5OS/c1-19-7-13-24(14-8-19)36-20(2)18-25(21(36)3)29-28(26-6-4-5-16-32-26)34-30(38)35(29)17-15-27(37)33-23-11-9-22(31)10-12-23/h4-14,16,18,28-29H,15,17H2,1-3H3,(H,33,37)(H,34,38)/t28-,29-/m1/s1. The number of anilines is 1. The van der Waals surface area contributed by atoms with Crippen molar-refractivity contribution < 1.29 is 9.18 Å². The van der Waals surface area contributed by atoms with E-state index in [4.69, 9.17) is 12.2 Å². The molecule has 0 unspecified atom stereocenters. The van der Waals surface area contributed by atoms with Gasteiger partial charge in [-0.1, -0.05) is 23.8 Å². The van der Waals surface area contributed by atoms with Crippen molar-refractivity contribution >= 4 is 28.9 Å². The fraction of sp³-hybridized carbons (Fsp3) is 0.233. The molecule has 1 aliphatic rings. The zero-order valence-electron chi connectivity index (χ0n) is 21.6. The number of aromatic nitrogens is 2. The van der Waals surface area contributed by atoms with Gasteiger partial charge in [-0.05, 0) is 93.1 Å². The molecular formula is C30H30FN5OS. The summed E-state index contributed by atoms with van der Waals surface area (Å²) in [4.78, 5) is 19.5. The van der Waals surface area contributed by atoms with Gasteiger partial charge in [0.15, 0.2) is 5.11 Å². The van der Waals surface area contributed by atoms with Gasteiger partial charge in [0.25, 0.3) is 0 Å². The van der Waals surface area contributed by atoms with Crippen LogP contribution in [0.1, 0.15) is 46.7 Å². The van der Waals surface area contributed by atoms with E-state index in [1.165, 1.54) is 17.7 Å². The Morgan fingerprint density at radius 1 is 1.05 bits per heavy atom. The maximum atomic E-state index is 13.2. The van der Waals surface area contributed by atoms with Gasteiger partial charge in [-0.15, -0.1) is 0 Å². The van der Waals surface area contributed by atoms with E-state index in [1.807, 2.05) is 18.2 Å². The molecule has 3 heterocycles.